The fraction of sp³-hybridized carbons (Fsp3) is 0.200. The molecule has 0 unspecified atom stereocenters. The predicted octanol–water partition coefficient (Wildman–Crippen LogP) is 3.75. The molecule has 7 nitrogen and oxygen atoms in total. The summed E-state index contributed by atoms with van der Waals surface area (Å²) in [5, 5.41) is 12.4. The van der Waals surface area contributed by atoms with E-state index in [0.717, 1.165) is 27.2 Å². The number of nitrogens with zero attached hydrogens (tertiary/aromatic N) is 4. The molecule has 29 heavy (non-hydrogen) atoms. The summed E-state index contributed by atoms with van der Waals surface area (Å²) in [5.41, 5.74) is 7.40. The lowest BCUT2D eigenvalue weighted by atomic mass is 10.2. The van der Waals surface area contributed by atoms with Gasteiger partial charge in [0, 0.05) is 29.5 Å². The molecule has 1 amide bonds. The van der Waals surface area contributed by atoms with Crippen molar-refractivity contribution in [3.8, 4) is 10.6 Å². The Labute approximate surface area is 176 Å². The van der Waals surface area contributed by atoms with Gasteiger partial charge in [0.1, 0.15) is 16.6 Å². The molecule has 0 saturated heterocycles. The number of aryl methyl sites for hydroxylation is 1. The molecule has 0 saturated carbocycles. The van der Waals surface area contributed by atoms with Crippen molar-refractivity contribution in [3.05, 3.63) is 71.4 Å². The largest absolute Gasteiger partial charge is 0.467 e. The molecule has 3 aromatic heterocycles. The fourth-order valence-corrected chi connectivity index (χ4v) is 4.57. The minimum atomic E-state index is -0.359. The first-order valence-electron chi connectivity index (χ1n) is 9.04. The van der Waals surface area contributed by atoms with Gasteiger partial charge in [-0.2, -0.15) is 0 Å². The Kier molecular flexibility index (Phi) is 6.06. The minimum Gasteiger partial charge on any atom is -0.467 e. The number of rotatable bonds is 9. The maximum Gasteiger partial charge on any atom is 0.217 e. The van der Waals surface area contributed by atoms with Crippen LogP contribution >= 0.6 is 23.1 Å². The maximum atomic E-state index is 11.2. The van der Waals surface area contributed by atoms with Gasteiger partial charge in [-0.25, -0.2) is 4.98 Å². The molecule has 148 valence electrons. The number of aromatic nitrogens is 4. The van der Waals surface area contributed by atoms with Crippen LogP contribution in [0.3, 0.4) is 0 Å². The Morgan fingerprint density at radius 2 is 2.03 bits per heavy atom. The lowest BCUT2D eigenvalue weighted by molar-refractivity contribution is -0.118. The Balaban J connectivity index is 1.49. The van der Waals surface area contributed by atoms with Gasteiger partial charge < -0.3 is 10.2 Å². The van der Waals surface area contributed by atoms with E-state index in [4.69, 9.17) is 15.1 Å². The third kappa shape index (κ3) is 4.93. The molecule has 0 radical (unpaired) electrons. The monoisotopic (exact) mass is 425 g/mol. The summed E-state index contributed by atoms with van der Waals surface area (Å²) in [7, 11) is 0. The van der Waals surface area contributed by atoms with E-state index in [2.05, 4.69) is 27.7 Å². The maximum absolute atomic E-state index is 11.2. The quantitative estimate of drug-likeness (QED) is 0.410. The number of furan rings is 1. The second-order valence-corrected chi connectivity index (χ2v) is 8.13. The SMILES string of the molecule is NC(=O)CCc1nnc(SCc2csc(-c3ccccc3)n2)n1Cc1ccco1. The number of hydrogen-bond donors (Lipinski definition) is 1. The highest BCUT2D eigenvalue weighted by Crippen LogP contribution is 2.28. The van der Waals surface area contributed by atoms with Crippen molar-refractivity contribution in [3.63, 3.8) is 0 Å². The minimum absolute atomic E-state index is 0.230. The normalized spacial score (nSPS) is 11.0. The number of carbonyl (C=O) groups excluding carboxylic acids is 1. The number of thiazole rings is 1. The number of amides is 1. The van der Waals surface area contributed by atoms with Gasteiger partial charge in [-0.15, -0.1) is 21.5 Å². The Morgan fingerprint density at radius 1 is 1.17 bits per heavy atom. The molecular formula is C20H19N5O2S2. The van der Waals surface area contributed by atoms with Crippen LogP contribution in [0, 0.1) is 0 Å². The lowest BCUT2D eigenvalue weighted by Crippen LogP contribution is -2.14. The van der Waals surface area contributed by atoms with Crippen molar-refractivity contribution in [1.82, 2.24) is 19.7 Å². The summed E-state index contributed by atoms with van der Waals surface area (Å²) in [6.45, 7) is 0.503. The van der Waals surface area contributed by atoms with Gasteiger partial charge in [0.05, 0.1) is 18.5 Å². The van der Waals surface area contributed by atoms with Gasteiger partial charge in [0.25, 0.3) is 0 Å². The summed E-state index contributed by atoms with van der Waals surface area (Å²) < 4.78 is 7.44. The van der Waals surface area contributed by atoms with E-state index in [-0.39, 0.29) is 12.3 Å². The van der Waals surface area contributed by atoms with E-state index < -0.39 is 0 Å². The van der Waals surface area contributed by atoms with Crippen molar-refractivity contribution in [2.75, 3.05) is 0 Å². The Morgan fingerprint density at radius 3 is 2.79 bits per heavy atom. The Bertz CT molecular complexity index is 1070. The molecular weight excluding hydrogens is 406 g/mol. The van der Waals surface area contributed by atoms with Crippen LogP contribution < -0.4 is 5.73 Å². The summed E-state index contributed by atoms with van der Waals surface area (Å²) in [5.74, 6) is 1.83. The molecule has 0 fully saturated rings. The Hall–Kier alpha value is -2.91. The molecule has 0 aliphatic rings. The van der Waals surface area contributed by atoms with Crippen LogP contribution in [0.5, 0.6) is 0 Å². The molecule has 0 spiro atoms. The van der Waals surface area contributed by atoms with Crippen molar-refractivity contribution < 1.29 is 9.21 Å². The van der Waals surface area contributed by atoms with Crippen LogP contribution in [-0.2, 0) is 23.5 Å². The summed E-state index contributed by atoms with van der Waals surface area (Å²) in [4.78, 5) is 15.9. The summed E-state index contributed by atoms with van der Waals surface area (Å²) in [6, 6.07) is 13.9. The van der Waals surface area contributed by atoms with E-state index in [1.54, 1.807) is 29.4 Å². The van der Waals surface area contributed by atoms with Crippen LogP contribution in [0.1, 0.15) is 23.7 Å². The third-order valence-electron chi connectivity index (χ3n) is 4.20. The molecule has 4 aromatic rings. The predicted molar refractivity (Wildman–Crippen MR) is 112 cm³/mol. The number of hydrogen-bond acceptors (Lipinski definition) is 7. The van der Waals surface area contributed by atoms with Gasteiger partial charge in [0.15, 0.2) is 5.16 Å². The zero-order valence-electron chi connectivity index (χ0n) is 15.5. The summed E-state index contributed by atoms with van der Waals surface area (Å²) >= 11 is 3.19. The smallest absolute Gasteiger partial charge is 0.217 e. The topological polar surface area (TPSA) is 99.8 Å². The first-order valence-corrected chi connectivity index (χ1v) is 10.9. The standard InChI is InChI=1S/C20H19N5O2S2/c21-17(26)8-9-18-23-24-20(25(18)11-16-7-4-10-27-16)29-13-15-12-28-19(22-15)14-5-2-1-3-6-14/h1-7,10,12H,8-9,11,13H2,(H2,21,26). The van der Waals surface area contributed by atoms with Crippen molar-refractivity contribution >= 4 is 29.0 Å². The van der Waals surface area contributed by atoms with E-state index in [1.165, 1.54) is 0 Å². The lowest BCUT2D eigenvalue weighted by Gasteiger charge is -2.08. The van der Waals surface area contributed by atoms with Crippen LogP contribution in [-0.4, -0.2) is 25.7 Å². The third-order valence-corrected chi connectivity index (χ3v) is 6.14. The van der Waals surface area contributed by atoms with Crippen molar-refractivity contribution in [2.24, 2.45) is 5.73 Å². The molecule has 0 atom stereocenters. The highest BCUT2D eigenvalue weighted by atomic mass is 32.2. The first kappa shape index (κ1) is 19.4. The van der Waals surface area contributed by atoms with Gasteiger partial charge in [-0.1, -0.05) is 42.1 Å². The van der Waals surface area contributed by atoms with E-state index in [0.29, 0.717) is 24.5 Å². The van der Waals surface area contributed by atoms with Crippen LogP contribution in [0.25, 0.3) is 10.6 Å². The van der Waals surface area contributed by atoms with E-state index >= 15 is 0 Å². The molecule has 1 aromatic carbocycles. The van der Waals surface area contributed by atoms with Crippen LogP contribution in [0.15, 0.2) is 63.7 Å². The molecule has 0 aliphatic carbocycles. The highest BCUT2D eigenvalue weighted by molar-refractivity contribution is 7.98. The second-order valence-electron chi connectivity index (χ2n) is 6.33. The molecule has 0 aliphatic heterocycles. The molecule has 2 N–H and O–H groups in total. The molecule has 4 rings (SSSR count). The highest BCUT2D eigenvalue weighted by Gasteiger charge is 2.16. The number of benzene rings is 1. The number of thioether (sulfide) groups is 1. The number of primary amides is 1. The zero-order chi connectivity index (χ0) is 20.1. The van der Waals surface area contributed by atoms with E-state index in [1.807, 2.05) is 34.9 Å². The fourth-order valence-electron chi connectivity index (χ4n) is 2.79. The van der Waals surface area contributed by atoms with Gasteiger partial charge in [-0.3, -0.25) is 9.36 Å². The van der Waals surface area contributed by atoms with Gasteiger partial charge in [0.2, 0.25) is 5.91 Å². The average molecular weight is 426 g/mol. The molecule has 3 heterocycles. The molecule has 0 bridgehead atoms. The summed E-state index contributed by atoms with van der Waals surface area (Å²) in [6.07, 6.45) is 2.31. The van der Waals surface area contributed by atoms with Crippen LogP contribution in [0.4, 0.5) is 0 Å². The van der Waals surface area contributed by atoms with Gasteiger partial charge in [-0.05, 0) is 12.1 Å². The van der Waals surface area contributed by atoms with Crippen molar-refractivity contribution in [1.29, 1.82) is 0 Å². The average Bonchev–Trinajstić information content (AvgIpc) is 3.48. The number of carbonyl (C=O) groups is 1. The number of nitrogens with two attached hydrogens (primary N) is 1. The van der Waals surface area contributed by atoms with Crippen molar-refractivity contribution in [2.45, 2.75) is 30.3 Å². The van der Waals surface area contributed by atoms with E-state index in [9.17, 15) is 4.79 Å². The first-order chi connectivity index (χ1) is 14.2. The second kappa shape index (κ2) is 9.06. The zero-order valence-corrected chi connectivity index (χ0v) is 17.2. The van der Waals surface area contributed by atoms with Crippen LogP contribution in [0.2, 0.25) is 0 Å². The van der Waals surface area contributed by atoms with Gasteiger partial charge >= 0.3 is 0 Å². The molecule has 9 heteroatoms.